The van der Waals surface area contributed by atoms with Gasteiger partial charge in [0.15, 0.2) is 0 Å². The second-order valence-electron chi connectivity index (χ2n) is 4.73. The fourth-order valence-corrected chi connectivity index (χ4v) is 3.29. The molecule has 0 amide bonds. The summed E-state index contributed by atoms with van der Waals surface area (Å²) in [7, 11) is 0. The normalized spacial score (nSPS) is 24.1. The zero-order chi connectivity index (χ0) is 13.1. The molecular formula is C13H22N4S. The van der Waals surface area contributed by atoms with Crippen molar-refractivity contribution in [2.45, 2.75) is 39.0 Å². The van der Waals surface area contributed by atoms with E-state index in [1.807, 2.05) is 18.7 Å². The van der Waals surface area contributed by atoms with Crippen molar-refractivity contribution < 1.29 is 0 Å². The van der Waals surface area contributed by atoms with Crippen molar-refractivity contribution in [1.29, 1.82) is 0 Å². The molecule has 0 spiro atoms. The summed E-state index contributed by atoms with van der Waals surface area (Å²) in [6.45, 7) is 10.6. The van der Waals surface area contributed by atoms with Crippen molar-refractivity contribution in [2.75, 3.05) is 29.1 Å². The molecule has 2 heterocycles. The first-order chi connectivity index (χ1) is 8.61. The van der Waals surface area contributed by atoms with Gasteiger partial charge in [-0.05, 0) is 20.8 Å². The molecule has 100 valence electrons. The van der Waals surface area contributed by atoms with E-state index in [0.717, 1.165) is 30.5 Å². The molecule has 5 heteroatoms. The van der Waals surface area contributed by atoms with Gasteiger partial charge in [-0.15, -0.1) is 0 Å². The van der Waals surface area contributed by atoms with E-state index in [4.69, 9.17) is 0 Å². The number of hydrogen-bond donors (Lipinski definition) is 1. The third kappa shape index (κ3) is 2.88. The van der Waals surface area contributed by atoms with Crippen molar-refractivity contribution in [2.24, 2.45) is 0 Å². The van der Waals surface area contributed by atoms with Crippen LogP contribution in [0.1, 0.15) is 26.5 Å². The predicted octanol–water partition coefficient (Wildman–Crippen LogP) is 2.55. The Bertz CT molecular complexity index is 410. The second kappa shape index (κ2) is 5.78. The molecule has 0 saturated carbocycles. The van der Waals surface area contributed by atoms with Crippen LogP contribution in [0.5, 0.6) is 0 Å². The molecule has 2 atom stereocenters. The fraction of sp³-hybridized carbons (Fsp3) is 0.692. The van der Waals surface area contributed by atoms with Crippen LogP contribution in [0, 0.1) is 6.92 Å². The number of rotatable bonds is 3. The average molecular weight is 266 g/mol. The lowest BCUT2D eigenvalue weighted by Gasteiger charge is -2.38. The lowest BCUT2D eigenvalue weighted by Crippen LogP contribution is -2.45. The van der Waals surface area contributed by atoms with E-state index in [0.29, 0.717) is 11.3 Å². The average Bonchev–Trinajstić information content (AvgIpc) is 2.32. The first kappa shape index (κ1) is 13.5. The van der Waals surface area contributed by atoms with Gasteiger partial charge in [-0.1, -0.05) is 6.92 Å². The zero-order valence-corrected chi connectivity index (χ0v) is 12.4. The topological polar surface area (TPSA) is 41.1 Å². The fourth-order valence-electron chi connectivity index (χ4n) is 2.19. The molecule has 1 aliphatic rings. The van der Waals surface area contributed by atoms with E-state index in [1.54, 1.807) is 0 Å². The number of aryl methyl sites for hydroxylation is 1. The Morgan fingerprint density at radius 1 is 1.44 bits per heavy atom. The molecule has 0 aliphatic carbocycles. The standard InChI is InChI=1S/C13H22N4S/c1-5-14-13-15-9(2)8-12(16-13)17-6-7-18-11(4)10(17)3/h8,10-11H,5-7H2,1-4H3,(H,14,15,16). The molecule has 1 fully saturated rings. The van der Waals surface area contributed by atoms with Crippen LogP contribution in [0.25, 0.3) is 0 Å². The third-order valence-electron chi connectivity index (χ3n) is 3.35. The maximum atomic E-state index is 4.63. The van der Waals surface area contributed by atoms with Crippen LogP contribution < -0.4 is 10.2 Å². The first-order valence-electron chi connectivity index (χ1n) is 6.59. The van der Waals surface area contributed by atoms with E-state index in [-0.39, 0.29) is 0 Å². The molecular weight excluding hydrogens is 244 g/mol. The van der Waals surface area contributed by atoms with Crippen molar-refractivity contribution in [3.05, 3.63) is 11.8 Å². The van der Waals surface area contributed by atoms with Gasteiger partial charge in [-0.3, -0.25) is 0 Å². The van der Waals surface area contributed by atoms with Gasteiger partial charge in [0, 0.05) is 41.9 Å². The monoisotopic (exact) mass is 266 g/mol. The van der Waals surface area contributed by atoms with Gasteiger partial charge in [0.2, 0.25) is 5.95 Å². The van der Waals surface area contributed by atoms with Crippen molar-refractivity contribution >= 4 is 23.5 Å². The SMILES string of the molecule is CCNc1nc(C)cc(N2CCSC(C)C2C)n1. The largest absolute Gasteiger partial charge is 0.354 e. The molecule has 2 unspecified atom stereocenters. The number of hydrogen-bond acceptors (Lipinski definition) is 5. The van der Waals surface area contributed by atoms with E-state index < -0.39 is 0 Å². The molecule has 1 N–H and O–H groups in total. The zero-order valence-electron chi connectivity index (χ0n) is 11.6. The highest BCUT2D eigenvalue weighted by Gasteiger charge is 2.26. The molecule has 2 rings (SSSR count). The molecule has 1 saturated heterocycles. The lowest BCUT2D eigenvalue weighted by atomic mass is 10.2. The maximum Gasteiger partial charge on any atom is 0.224 e. The molecule has 1 aliphatic heterocycles. The summed E-state index contributed by atoms with van der Waals surface area (Å²) in [5.74, 6) is 2.97. The summed E-state index contributed by atoms with van der Waals surface area (Å²) in [6.07, 6.45) is 0. The molecule has 0 bridgehead atoms. The van der Waals surface area contributed by atoms with E-state index in [2.05, 4.69) is 47.0 Å². The molecule has 0 aromatic carbocycles. The Labute approximate surface area is 114 Å². The van der Waals surface area contributed by atoms with Crippen LogP contribution in [0.4, 0.5) is 11.8 Å². The Morgan fingerprint density at radius 2 is 2.22 bits per heavy atom. The Morgan fingerprint density at radius 3 is 2.94 bits per heavy atom. The number of aromatic nitrogens is 2. The highest BCUT2D eigenvalue weighted by atomic mass is 32.2. The van der Waals surface area contributed by atoms with E-state index >= 15 is 0 Å². The van der Waals surface area contributed by atoms with Crippen LogP contribution in [0.3, 0.4) is 0 Å². The number of thioether (sulfide) groups is 1. The van der Waals surface area contributed by atoms with E-state index in [1.165, 1.54) is 5.75 Å². The summed E-state index contributed by atoms with van der Waals surface area (Å²) in [4.78, 5) is 11.4. The molecule has 18 heavy (non-hydrogen) atoms. The van der Waals surface area contributed by atoms with Gasteiger partial charge in [0.1, 0.15) is 5.82 Å². The highest BCUT2D eigenvalue weighted by Crippen LogP contribution is 2.28. The number of nitrogens with zero attached hydrogens (tertiary/aromatic N) is 3. The summed E-state index contributed by atoms with van der Waals surface area (Å²) < 4.78 is 0. The highest BCUT2D eigenvalue weighted by molar-refractivity contribution is 8.00. The quantitative estimate of drug-likeness (QED) is 0.910. The van der Waals surface area contributed by atoms with Gasteiger partial charge < -0.3 is 10.2 Å². The maximum absolute atomic E-state index is 4.63. The predicted molar refractivity (Wildman–Crippen MR) is 79.7 cm³/mol. The molecule has 1 aromatic heterocycles. The van der Waals surface area contributed by atoms with Crippen LogP contribution in [0.2, 0.25) is 0 Å². The van der Waals surface area contributed by atoms with Crippen LogP contribution in [-0.2, 0) is 0 Å². The summed E-state index contributed by atoms with van der Waals surface area (Å²) >= 11 is 2.04. The van der Waals surface area contributed by atoms with Gasteiger partial charge in [0.25, 0.3) is 0 Å². The van der Waals surface area contributed by atoms with Crippen molar-refractivity contribution in [1.82, 2.24) is 9.97 Å². The van der Waals surface area contributed by atoms with E-state index in [9.17, 15) is 0 Å². The Hall–Kier alpha value is -0.970. The minimum absolute atomic E-state index is 0.521. The molecule has 0 radical (unpaired) electrons. The van der Waals surface area contributed by atoms with Crippen molar-refractivity contribution in [3.8, 4) is 0 Å². The molecule has 4 nitrogen and oxygen atoms in total. The van der Waals surface area contributed by atoms with Gasteiger partial charge >= 0.3 is 0 Å². The van der Waals surface area contributed by atoms with Crippen LogP contribution in [0.15, 0.2) is 6.07 Å². The van der Waals surface area contributed by atoms with Crippen LogP contribution in [-0.4, -0.2) is 40.1 Å². The second-order valence-corrected chi connectivity index (χ2v) is 6.22. The summed E-state index contributed by atoms with van der Waals surface area (Å²) in [5.41, 5.74) is 1.02. The van der Waals surface area contributed by atoms with Crippen molar-refractivity contribution in [3.63, 3.8) is 0 Å². The molecule has 1 aromatic rings. The lowest BCUT2D eigenvalue weighted by molar-refractivity contribution is 0.619. The smallest absolute Gasteiger partial charge is 0.224 e. The minimum atomic E-state index is 0.521. The Balaban J connectivity index is 2.26. The van der Waals surface area contributed by atoms with Crippen LogP contribution >= 0.6 is 11.8 Å². The first-order valence-corrected chi connectivity index (χ1v) is 7.64. The van der Waals surface area contributed by atoms with Gasteiger partial charge in [-0.2, -0.15) is 16.7 Å². The number of nitrogens with one attached hydrogen (secondary N) is 1. The third-order valence-corrected chi connectivity index (χ3v) is 4.69. The summed E-state index contributed by atoms with van der Waals surface area (Å²) in [5, 5.41) is 3.85. The number of anilines is 2. The van der Waals surface area contributed by atoms with Gasteiger partial charge in [-0.25, -0.2) is 4.98 Å². The summed E-state index contributed by atoms with van der Waals surface area (Å²) in [6, 6.07) is 2.60. The Kier molecular flexibility index (Phi) is 4.32. The van der Waals surface area contributed by atoms with Gasteiger partial charge in [0.05, 0.1) is 0 Å². The minimum Gasteiger partial charge on any atom is -0.354 e.